The van der Waals surface area contributed by atoms with Crippen molar-refractivity contribution in [2.24, 2.45) is 17.8 Å². The summed E-state index contributed by atoms with van der Waals surface area (Å²) in [5, 5.41) is -5.09. The zero-order valence-corrected chi connectivity index (χ0v) is 21.1. The number of hydrogen-bond acceptors (Lipinski definition) is 12. The summed E-state index contributed by atoms with van der Waals surface area (Å²) in [5.41, 5.74) is 0. The molecular weight excluding hydrogens is 542 g/mol. The molecular formula is C22H28F2O13S. The number of ether oxygens (including phenoxy) is 7. The van der Waals surface area contributed by atoms with E-state index in [-0.39, 0.29) is 18.9 Å². The minimum absolute atomic E-state index is 0.00220. The van der Waals surface area contributed by atoms with Gasteiger partial charge in [0.1, 0.15) is 6.10 Å². The molecule has 0 amide bonds. The van der Waals surface area contributed by atoms with Crippen LogP contribution in [0.25, 0.3) is 0 Å². The molecule has 2 bridgehead atoms. The second kappa shape index (κ2) is 9.80. The lowest BCUT2D eigenvalue weighted by Crippen LogP contribution is -2.54. The second-order valence-corrected chi connectivity index (χ2v) is 11.6. The molecule has 2 aliphatic carbocycles. The molecule has 1 N–H and O–H groups in total. The summed E-state index contributed by atoms with van der Waals surface area (Å²) in [5.74, 6) is -4.71. The highest BCUT2D eigenvalue weighted by atomic mass is 32.2. The van der Waals surface area contributed by atoms with Crippen LogP contribution in [0, 0.1) is 17.8 Å². The van der Waals surface area contributed by atoms with Crippen LogP contribution in [0.1, 0.15) is 45.4 Å². The largest absolute Gasteiger partial charge is 0.509 e. The van der Waals surface area contributed by atoms with Gasteiger partial charge in [0.25, 0.3) is 0 Å². The maximum atomic E-state index is 13.6. The smallest absolute Gasteiger partial charge is 0.460 e. The third-order valence-electron chi connectivity index (χ3n) is 7.90. The van der Waals surface area contributed by atoms with E-state index in [0.29, 0.717) is 12.3 Å². The van der Waals surface area contributed by atoms with Crippen LogP contribution in [0.2, 0.25) is 0 Å². The van der Waals surface area contributed by atoms with Crippen LogP contribution in [-0.4, -0.2) is 86.0 Å². The first-order valence-corrected chi connectivity index (χ1v) is 13.9. The molecule has 0 radical (unpaired) electrons. The van der Waals surface area contributed by atoms with Gasteiger partial charge < -0.3 is 33.2 Å². The summed E-state index contributed by atoms with van der Waals surface area (Å²) in [6.45, 7) is 1.04. The molecule has 2 saturated carbocycles. The number of carbonyl (C=O) groups is 3. The Balaban J connectivity index is 1.29. The molecule has 38 heavy (non-hydrogen) atoms. The van der Waals surface area contributed by atoms with Crippen molar-refractivity contribution in [3.05, 3.63) is 0 Å². The van der Waals surface area contributed by atoms with Gasteiger partial charge in [-0.05, 0) is 38.5 Å². The van der Waals surface area contributed by atoms with E-state index in [9.17, 15) is 31.6 Å². The van der Waals surface area contributed by atoms with Crippen molar-refractivity contribution in [1.82, 2.24) is 0 Å². The molecule has 3 saturated heterocycles. The quantitative estimate of drug-likeness (QED) is 0.266. The Labute approximate surface area is 216 Å². The fourth-order valence-electron chi connectivity index (χ4n) is 6.33. The lowest BCUT2D eigenvalue weighted by molar-refractivity contribution is -0.305. The van der Waals surface area contributed by atoms with Gasteiger partial charge in [0.05, 0.1) is 13.2 Å². The Morgan fingerprint density at radius 1 is 1.13 bits per heavy atom. The van der Waals surface area contributed by atoms with Crippen molar-refractivity contribution >= 4 is 28.2 Å². The standard InChI is InChI=1S/C22H28F2O13S/c1-2-31-20(27)35-15-13-14(33-17(15)25)16-18(34-13)37-21(36-16)11-5-3-4-10(8-11)9-12(21)6-7-32-19(26)22(23,24)38(28,29)30/h10-16,18H,2-9H2,1H3,(H,28,29,30). The molecule has 0 aromatic carbocycles. The molecule has 0 aromatic heterocycles. The average Bonchev–Trinajstić information content (AvgIpc) is 3.46. The Morgan fingerprint density at radius 3 is 2.61 bits per heavy atom. The van der Waals surface area contributed by atoms with Gasteiger partial charge >= 0.3 is 33.5 Å². The van der Waals surface area contributed by atoms with Gasteiger partial charge in [-0.3, -0.25) is 4.55 Å². The Morgan fingerprint density at radius 2 is 1.89 bits per heavy atom. The van der Waals surface area contributed by atoms with Crippen LogP contribution in [0.4, 0.5) is 13.6 Å². The molecule has 3 heterocycles. The monoisotopic (exact) mass is 570 g/mol. The molecule has 9 unspecified atom stereocenters. The van der Waals surface area contributed by atoms with Crippen LogP contribution < -0.4 is 0 Å². The maximum absolute atomic E-state index is 13.6. The molecule has 1 spiro atoms. The van der Waals surface area contributed by atoms with Crippen LogP contribution in [0.3, 0.4) is 0 Å². The summed E-state index contributed by atoms with van der Waals surface area (Å²) in [4.78, 5) is 35.8. The van der Waals surface area contributed by atoms with Gasteiger partial charge in [-0.1, -0.05) is 12.8 Å². The van der Waals surface area contributed by atoms with Crippen molar-refractivity contribution in [3.63, 3.8) is 0 Å². The molecule has 3 aliphatic heterocycles. The Bertz CT molecular complexity index is 1080. The van der Waals surface area contributed by atoms with E-state index in [2.05, 4.69) is 4.74 Å². The maximum Gasteiger partial charge on any atom is 0.509 e. The number of carbonyl (C=O) groups excluding carboxylic acids is 3. The first-order chi connectivity index (χ1) is 17.9. The number of rotatable bonds is 7. The van der Waals surface area contributed by atoms with E-state index in [1.807, 2.05) is 0 Å². The van der Waals surface area contributed by atoms with Crippen LogP contribution in [0.15, 0.2) is 0 Å². The van der Waals surface area contributed by atoms with Crippen LogP contribution in [-0.2, 0) is 52.9 Å². The topological polar surface area (TPSA) is 170 Å². The predicted molar refractivity (Wildman–Crippen MR) is 115 cm³/mol. The summed E-state index contributed by atoms with van der Waals surface area (Å²) < 4.78 is 95.8. The van der Waals surface area contributed by atoms with Gasteiger partial charge in [-0.2, -0.15) is 17.2 Å². The summed E-state index contributed by atoms with van der Waals surface area (Å²) in [6, 6.07) is 0. The lowest BCUT2D eigenvalue weighted by atomic mass is 9.63. The SMILES string of the molecule is CCOC(=O)OC1C(=O)OC2C3OC4(OC3OC12)C1CCCC(C1)CC4CCOC(=O)C(F)(F)S(=O)(=O)O. The Kier molecular flexibility index (Phi) is 7.07. The molecule has 214 valence electrons. The minimum atomic E-state index is -5.98. The first-order valence-electron chi connectivity index (χ1n) is 12.4. The molecule has 0 aromatic rings. The van der Waals surface area contributed by atoms with Crippen LogP contribution >= 0.6 is 0 Å². The van der Waals surface area contributed by atoms with E-state index in [1.165, 1.54) is 0 Å². The van der Waals surface area contributed by atoms with Gasteiger partial charge in [-0.15, -0.1) is 0 Å². The highest BCUT2D eigenvalue weighted by molar-refractivity contribution is 7.87. The molecule has 16 heteroatoms. The van der Waals surface area contributed by atoms with Crippen molar-refractivity contribution in [2.75, 3.05) is 13.2 Å². The van der Waals surface area contributed by atoms with E-state index in [4.69, 9.17) is 33.0 Å². The Hall–Kier alpha value is -2.14. The number of alkyl halides is 2. The second-order valence-electron chi connectivity index (χ2n) is 10.1. The lowest BCUT2D eigenvalue weighted by Gasteiger charge is -2.51. The average molecular weight is 571 g/mol. The summed E-state index contributed by atoms with van der Waals surface area (Å²) >= 11 is 0. The number of hydrogen-bond donors (Lipinski definition) is 1. The molecule has 13 nitrogen and oxygen atoms in total. The fraction of sp³-hybridized carbons (Fsp3) is 0.864. The molecule has 5 aliphatic rings. The van der Waals surface area contributed by atoms with Crippen LogP contribution in [0.5, 0.6) is 0 Å². The zero-order chi connectivity index (χ0) is 27.5. The van der Waals surface area contributed by atoms with Crippen molar-refractivity contribution in [2.45, 2.75) is 87.2 Å². The van der Waals surface area contributed by atoms with Gasteiger partial charge in [0.15, 0.2) is 24.3 Å². The number of esters is 2. The van der Waals surface area contributed by atoms with E-state index in [1.54, 1.807) is 6.92 Å². The molecule has 9 atom stereocenters. The molecule has 5 fully saturated rings. The van der Waals surface area contributed by atoms with Crippen molar-refractivity contribution in [1.29, 1.82) is 0 Å². The van der Waals surface area contributed by atoms with E-state index < -0.39 is 82.5 Å². The van der Waals surface area contributed by atoms with Gasteiger partial charge in [0, 0.05) is 11.8 Å². The van der Waals surface area contributed by atoms with Crippen molar-refractivity contribution in [3.8, 4) is 0 Å². The highest BCUT2D eigenvalue weighted by Crippen LogP contribution is 2.57. The van der Waals surface area contributed by atoms with Gasteiger partial charge in [-0.25, -0.2) is 14.4 Å². The minimum Gasteiger partial charge on any atom is -0.460 e. The molecule has 5 rings (SSSR count). The first kappa shape index (κ1) is 27.4. The highest BCUT2D eigenvalue weighted by Gasteiger charge is 2.69. The number of fused-ring (bicyclic) bond motifs is 6. The van der Waals surface area contributed by atoms with Gasteiger partial charge in [0.2, 0.25) is 6.10 Å². The third-order valence-corrected chi connectivity index (χ3v) is 8.71. The van der Waals surface area contributed by atoms with Crippen molar-refractivity contribution < 1.29 is 69.3 Å². The fourth-order valence-corrected chi connectivity index (χ4v) is 6.60. The predicted octanol–water partition coefficient (Wildman–Crippen LogP) is 1.53. The zero-order valence-electron chi connectivity index (χ0n) is 20.3. The van der Waals surface area contributed by atoms with E-state index >= 15 is 0 Å². The van der Waals surface area contributed by atoms with E-state index in [0.717, 1.165) is 25.7 Å². The normalized spacial score (nSPS) is 39.8. The number of halogens is 2. The summed E-state index contributed by atoms with van der Waals surface area (Å²) in [6.07, 6.45) is -2.21. The summed E-state index contributed by atoms with van der Waals surface area (Å²) in [7, 11) is -5.98. The third kappa shape index (κ3) is 4.53.